The quantitative estimate of drug-likeness (QED) is 0.876. The Kier molecular flexibility index (Phi) is 5.41. The van der Waals surface area contributed by atoms with Crippen LogP contribution in [0.4, 0.5) is 0 Å². The van der Waals surface area contributed by atoms with Gasteiger partial charge in [-0.2, -0.15) is 0 Å². The van der Waals surface area contributed by atoms with Gasteiger partial charge in [-0.3, -0.25) is 14.5 Å². The topological polar surface area (TPSA) is 79.5 Å². The van der Waals surface area contributed by atoms with Gasteiger partial charge in [0.1, 0.15) is 4.83 Å². The molecule has 2 N–H and O–H groups in total. The molecule has 0 aliphatic carbocycles. The predicted octanol–water partition coefficient (Wildman–Crippen LogP) is 2.59. The maximum absolute atomic E-state index is 12.8. The molecule has 0 unspecified atom stereocenters. The third-order valence-electron chi connectivity index (χ3n) is 5.72. The van der Waals surface area contributed by atoms with Crippen molar-refractivity contribution in [3.63, 3.8) is 0 Å². The van der Waals surface area contributed by atoms with Crippen LogP contribution in [0.25, 0.3) is 10.2 Å². The molecule has 2 aromatic heterocycles. The predicted molar refractivity (Wildman–Crippen MR) is 107 cm³/mol. The fourth-order valence-corrected chi connectivity index (χ4v) is 5.47. The van der Waals surface area contributed by atoms with Crippen molar-refractivity contribution >= 4 is 33.4 Å². The van der Waals surface area contributed by atoms with Gasteiger partial charge in [0, 0.05) is 30.6 Å². The van der Waals surface area contributed by atoms with Crippen LogP contribution in [0.2, 0.25) is 0 Å². The minimum absolute atomic E-state index is 0.143. The molecule has 2 saturated heterocycles. The Balaban J connectivity index is 1.54. The summed E-state index contributed by atoms with van der Waals surface area (Å²) in [7, 11) is 0. The maximum atomic E-state index is 12.8. The van der Waals surface area contributed by atoms with Gasteiger partial charge in [-0.25, -0.2) is 4.98 Å². The van der Waals surface area contributed by atoms with E-state index in [1.54, 1.807) is 6.20 Å². The standard InChI is InChI=1S/C20H26N4O2S/c21-19(26)18-17(15-7-4-8-22-20(15)27-18)14-6-5-11-24(12-14)16(25)13-23-9-2-1-3-10-23/h4,7-8,14H,1-3,5-6,9-13H2,(H2,21,26)/t14-/m1/s1. The van der Waals surface area contributed by atoms with E-state index >= 15 is 0 Å². The van der Waals surface area contributed by atoms with Gasteiger partial charge in [-0.05, 0) is 50.4 Å². The molecule has 2 aliphatic rings. The second-order valence-corrected chi connectivity index (χ2v) is 8.58. The molecule has 0 radical (unpaired) electrons. The Hall–Kier alpha value is -1.99. The number of fused-ring (bicyclic) bond motifs is 1. The maximum Gasteiger partial charge on any atom is 0.259 e. The van der Waals surface area contributed by atoms with Crippen molar-refractivity contribution in [2.75, 3.05) is 32.7 Å². The van der Waals surface area contributed by atoms with Crippen molar-refractivity contribution in [2.45, 2.75) is 38.0 Å². The summed E-state index contributed by atoms with van der Waals surface area (Å²) in [5.41, 5.74) is 6.65. The van der Waals surface area contributed by atoms with Crippen LogP contribution >= 0.6 is 11.3 Å². The minimum atomic E-state index is -0.398. The number of primary amides is 1. The van der Waals surface area contributed by atoms with Crippen LogP contribution in [0.15, 0.2) is 18.3 Å². The highest BCUT2D eigenvalue weighted by atomic mass is 32.1. The van der Waals surface area contributed by atoms with E-state index in [4.69, 9.17) is 5.73 Å². The number of thiophene rings is 1. The highest BCUT2D eigenvalue weighted by Gasteiger charge is 2.30. The first kappa shape index (κ1) is 18.4. The van der Waals surface area contributed by atoms with E-state index in [0.29, 0.717) is 18.0 Å². The molecule has 2 aliphatic heterocycles. The lowest BCUT2D eigenvalue weighted by Gasteiger charge is -2.35. The van der Waals surface area contributed by atoms with E-state index in [2.05, 4.69) is 9.88 Å². The number of carbonyl (C=O) groups is 2. The molecule has 2 fully saturated rings. The monoisotopic (exact) mass is 386 g/mol. The summed E-state index contributed by atoms with van der Waals surface area (Å²) in [6, 6.07) is 3.90. The number of aromatic nitrogens is 1. The molecule has 4 rings (SSSR count). The lowest BCUT2D eigenvalue weighted by Crippen LogP contribution is -2.45. The number of nitrogens with zero attached hydrogens (tertiary/aromatic N) is 3. The van der Waals surface area contributed by atoms with E-state index in [-0.39, 0.29) is 11.8 Å². The second kappa shape index (κ2) is 7.94. The van der Waals surface area contributed by atoms with E-state index in [1.165, 1.54) is 30.6 Å². The molecule has 144 valence electrons. The van der Waals surface area contributed by atoms with Gasteiger partial charge in [0.25, 0.3) is 5.91 Å². The number of rotatable bonds is 4. The zero-order valence-electron chi connectivity index (χ0n) is 15.5. The van der Waals surface area contributed by atoms with Gasteiger partial charge >= 0.3 is 0 Å². The molecule has 27 heavy (non-hydrogen) atoms. The molecule has 4 heterocycles. The number of hydrogen-bond acceptors (Lipinski definition) is 5. The highest BCUT2D eigenvalue weighted by Crippen LogP contribution is 2.38. The molecule has 2 aromatic rings. The Morgan fingerprint density at radius 1 is 1.19 bits per heavy atom. The third-order valence-corrected chi connectivity index (χ3v) is 6.86. The average molecular weight is 387 g/mol. The SMILES string of the molecule is NC(=O)c1sc2ncccc2c1[C@@H]1CCCN(C(=O)CN2CCCCC2)C1. The lowest BCUT2D eigenvalue weighted by molar-refractivity contribution is -0.133. The number of amides is 2. The summed E-state index contributed by atoms with van der Waals surface area (Å²) >= 11 is 1.37. The number of carbonyl (C=O) groups excluding carboxylic acids is 2. The van der Waals surface area contributed by atoms with E-state index in [9.17, 15) is 9.59 Å². The second-order valence-electron chi connectivity index (χ2n) is 7.58. The van der Waals surface area contributed by atoms with Gasteiger partial charge in [-0.1, -0.05) is 12.5 Å². The van der Waals surface area contributed by atoms with Crippen molar-refractivity contribution < 1.29 is 9.59 Å². The largest absolute Gasteiger partial charge is 0.365 e. The van der Waals surface area contributed by atoms with Gasteiger partial charge in [0.05, 0.1) is 11.4 Å². The molecule has 7 heteroatoms. The van der Waals surface area contributed by atoms with Crippen molar-refractivity contribution in [1.82, 2.24) is 14.8 Å². The Morgan fingerprint density at radius 2 is 2.00 bits per heavy atom. The van der Waals surface area contributed by atoms with Gasteiger partial charge in [0.15, 0.2) is 0 Å². The fourth-order valence-electron chi connectivity index (χ4n) is 4.39. The zero-order chi connectivity index (χ0) is 18.8. The zero-order valence-corrected chi connectivity index (χ0v) is 16.3. The first-order valence-electron chi connectivity index (χ1n) is 9.81. The first-order chi connectivity index (χ1) is 13.1. The van der Waals surface area contributed by atoms with Crippen LogP contribution in [0.5, 0.6) is 0 Å². The van der Waals surface area contributed by atoms with Crippen LogP contribution < -0.4 is 5.73 Å². The van der Waals surface area contributed by atoms with Gasteiger partial charge < -0.3 is 10.6 Å². The Morgan fingerprint density at radius 3 is 2.78 bits per heavy atom. The lowest BCUT2D eigenvalue weighted by atomic mass is 9.88. The molecule has 0 saturated carbocycles. The third kappa shape index (κ3) is 3.84. The Labute approximate surface area is 163 Å². The number of pyridine rings is 1. The van der Waals surface area contributed by atoms with Gasteiger partial charge in [-0.15, -0.1) is 11.3 Å². The Bertz CT molecular complexity index is 844. The van der Waals surface area contributed by atoms with Crippen LogP contribution in [-0.4, -0.2) is 59.3 Å². The summed E-state index contributed by atoms with van der Waals surface area (Å²) in [5, 5.41) is 1.01. The summed E-state index contributed by atoms with van der Waals surface area (Å²) in [6.07, 6.45) is 7.30. The van der Waals surface area contributed by atoms with Crippen molar-refractivity contribution in [1.29, 1.82) is 0 Å². The summed E-state index contributed by atoms with van der Waals surface area (Å²) in [5.74, 6) is -0.0471. The van der Waals surface area contributed by atoms with Gasteiger partial charge in [0.2, 0.25) is 5.91 Å². The minimum Gasteiger partial charge on any atom is -0.365 e. The number of piperidine rings is 2. The van der Waals surface area contributed by atoms with Crippen molar-refractivity contribution in [3.05, 3.63) is 28.8 Å². The summed E-state index contributed by atoms with van der Waals surface area (Å²) in [4.78, 5) is 35.0. The van der Waals surface area contributed by atoms with E-state index in [0.717, 1.165) is 48.3 Å². The van der Waals surface area contributed by atoms with E-state index in [1.807, 2.05) is 17.0 Å². The fraction of sp³-hybridized carbons (Fsp3) is 0.550. The van der Waals surface area contributed by atoms with Crippen LogP contribution in [0.1, 0.15) is 53.3 Å². The first-order valence-corrected chi connectivity index (χ1v) is 10.6. The van der Waals surface area contributed by atoms with Crippen molar-refractivity contribution in [3.8, 4) is 0 Å². The summed E-state index contributed by atoms with van der Waals surface area (Å²) in [6.45, 7) is 4.02. The van der Waals surface area contributed by atoms with Crippen LogP contribution in [-0.2, 0) is 4.79 Å². The number of hydrogen-bond donors (Lipinski definition) is 1. The molecule has 0 spiro atoms. The normalized spacial score (nSPS) is 21.5. The number of likely N-dealkylation sites (tertiary alicyclic amines) is 2. The number of nitrogens with two attached hydrogens (primary N) is 1. The van der Waals surface area contributed by atoms with Crippen LogP contribution in [0.3, 0.4) is 0 Å². The molecule has 2 amide bonds. The summed E-state index contributed by atoms with van der Waals surface area (Å²) < 4.78 is 0. The molecule has 0 bridgehead atoms. The van der Waals surface area contributed by atoms with E-state index < -0.39 is 5.91 Å². The molecule has 1 atom stereocenters. The molecular weight excluding hydrogens is 360 g/mol. The van der Waals surface area contributed by atoms with Crippen molar-refractivity contribution in [2.24, 2.45) is 5.73 Å². The van der Waals surface area contributed by atoms with Crippen LogP contribution in [0, 0.1) is 0 Å². The molecular formula is C20H26N4O2S. The average Bonchev–Trinajstić information content (AvgIpc) is 3.09. The molecule has 6 nitrogen and oxygen atoms in total. The highest BCUT2D eigenvalue weighted by molar-refractivity contribution is 7.20. The smallest absolute Gasteiger partial charge is 0.259 e. The molecule has 0 aromatic carbocycles.